The number of esters is 1. The number of ether oxygens (including phenoxy) is 2. The fraction of sp³-hybridized carbons (Fsp3) is 0.559. The van der Waals surface area contributed by atoms with E-state index in [-0.39, 0.29) is 12.1 Å². The van der Waals surface area contributed by atoms with Gasteiger partial charge in [-0.1, -0.05) is 55.3 Å². The maximum atomic E-state index is 13.5. The zero-order chi connectivity index (χ0) is 30.5. The highest BCUT2D eigenvalue weighted by molar-refractivity contribution is 7.99. The molecule has 4 rings (SSSR count). The fourth-order valence-electron chi connectivity index (χ4n) is 5.67. The van der Waals surface area contributed by atoms with Gasteiger partial charge in [-0.3, -0.25) is 4.79 Å². The van der Waals surface area contributed by atoms with E-state index in [0.717, 1.165) is 80.1 Å². The lowest BCUT2D eigenvalue weighted by molar-refractivity contribution is -0.146. The van der Waals surface area contributed by atoms with Crippen LogP contribution in [0, 0.1) is 0 Å². The van der Waals surface area contributed by atoms with E-state index in [4.69, 9.17) is 9.47 Å². The summed E-state index contributed by atoms with van der Waals surface area (Å²) in [5.74, 6) is -0.139. The van der Waals surface area contributed by atoms with Crippen molar-refractivity contribution in [2.24, 2.45) is 0 Å². The number of rotatable bonds is 16. The van der Waals surface area contributed by atoms with Crippen LogP contribution in [0.1, 0.15) is 76.7 Å². The molecule has 0 amide bonds. The summed E-state index contributed by atoms with van der Waals surface area (Å²) in [4.78, 5) is 18.3. The molecule has 5 nitrogen and oxygen atoms in total. The van der Waals surface area contributed by atoms with Crippen LogP contribution in [0.3, 0.4) is 0 Å². The number of piperidine rings is 1. The Morgan fingerprint density at radius 2 is 1.67 bits per heavy atom. The van der Waals surface area contributed by atoms with Crippen molar-refractivity contribution in [1.29, 1.82) is 0 Å². The average molecular weight is 619 g/mol. The lowest BCUT2D eigenvalue weighted by atomic mass is 10.1. The van der Waals surface area contributed by atoms with Crippen molar-refractivity contribution >= 4 is 29.1 Å². The van der Waals surface area contributed by atoms with E-state index in [0.29, 0.717) is 31.9 Å². The van der Waals surface area contributed by atoms with Crippen LogP contribution in [0.15, 0.2) is 64.4 Å². The number of fused-ring (bicyclic) bond motifs is 2. The van der Waals surface area contributed by atoms with Crippen molar-refractivity contribution in [2.45, 2.75) is 93.2 Å². The minimum absolute atomic E-state index is 0.139. The Morgan fingerprint density at radius 1 is 0.930 bits per heavy atom. The third kappa shape index (κ3) is 10.6. The summed E-state index contributed by atoms with van der Waals surface area (Å²) >= 11 is 1.52. The summed E-state index contributed by atoms with van der Waals surface area (Å²) in [6.45, 7) is 6.12. The molecule has 0 saturated carbocycles. The average Bonchev–Trinajstić information content (AvgIpc) is 3.00. The Balaban J connectivity index is 1.12. The molecule has 0 radical (unpaired) electrons. The van der Waals surface area contributed by atoms with Crippen molar-refractivity contribution in [3.8, 4) is 0 Å². The summed E-state index contributed by atoms with van der Waals surface area (Å²) in [6, 6.07) is 12.0. The summed E-state index contributed by atoms with van der Waals surface area (Å²) < 4.78 is 51.8. The Morgan fingerprint density at radius 3 is 2.47 bits per heavy atom. The fourth-order valence-corrected chi connectivity index (χ4v) is 6.75. The highest BCUT2D eigenvalue weighted by Crippen LogP contribution is 2.49. The largest absolute Gasteiger partial charge is 0.463 e. The second-order valence-electron chi connectivity index (χ2n) is 11.3. The van der Waals surface area contributed by atoms with Crippen LogP contribution in [0.4, 0.5) is 24.5 Å². The first-order valence-electron chi connectivity index (χ1n) is 15.7. The molecule has 2 heterocycles. The molecule has 9 heteroatoms. The molecule has 0 N–H and O–H groups in total. The second kappa shape index (κ2) is 17.1. The van der Waals surface area contributed by atoms with Crippen LogP contribution in [-0.2, 0) is 20.4 Å². The zero-order valence-corrected chi connectivity index (χ0v) is 26.1. The predicted molar refractivity (Wildman–Crippen MR) is 167 cm³/mol. The van der Waals surface area contributed by atoms with Gasteiger partial charge in [0.2, 0.25) is 0 Å². The number of allylic oxidation sites excluding steroid dienone is 2. The summed E-state index contributed by atoms with van der Waals surface area (Å²) in [5.41, 5.74) is 0.972. The lowest BCUT2D eigenvalue weighted by Gasteiger charge is -2.35. The number of para-hydroxylation sites is 1. The van der Waals surface area contributed by atoms with Crippen molar-refractivity contribution in [3.63, 3.8) is 0 Å². The molecule has 236 valence electrons. The number of carbonyl (C=O) groups excluding carboxylic acids is 1. The first-order valence-corrected chi connectivity index (χ1v) is 16.5. The van der Waals surface area contributed by atoms with Gasteiger partial charge in [0.25, 0.3) is 0 Å². The number of alkyl halides is 3. The van der Waals surface area contributed by atoms with E-state index in [1.807, 2.05) is 36.1 Å². The van der Waals surface area contributed by atoms with Crippen LogP contribution in [0.2, 0.25) is 0 Å². The van der Waals surface area contributed by atoms with Gasteiger partial charge < -0.3 is 19.3 Å². The molecule has 0 aliphatic carbocycles. The predicted octanol–water partition coefficient (Wildman–Crippen LogP) is 9.03. The topological polar surface area (TPSA) is 42.0 Å². The minimum Gasteiger partial charge on any atom is -0.463 e. The van der Waals surface area contributed by atoms with Gasteiger partial charge in [0, 0.05) is 35.8 Å². The molecule has 0 spiro atoms. The molecule has 0 bridgehead atoms. The molecule has 43 heavy (non-hydrogen) atoms. The van der Waals surface area contributed by atoms with Crippen LogP contribution in [-0.4, -0.2) is 56.4 Å². The van der Waals surface area contributed by atoms with Gasteiger partial charge in [0.05, 0.1) is 29.6 Å². The Kier molecular flexibility index (Phi) is 13.3. The highest BCUT2D eigenvalue weighted by atomic mass is 32.2. The van der Waals surface area contributed by atoms with Gasteiger partial charge in [-0.25, -0.2) is 0 Å². The van der Waals surface area contributed by atoms with Crippen molar-refractivity contribution in [1.82, 2.24) is 4.90 Å². The van der Waals surface area contributed by atoms with Crippen LogP contribution < -0.4 is 4.90 Å². The minimum atomic E-state index is -4.37. The molecule has 0 unspecified atom stereocenters. The van der Waals surface area contributed by atoms with Gasteiger partial charge in [0.15, 0.2) is 0 Å². The van der Waals surface area contributed by atoms with Crippen LogP contribution in [0.25, 0.3) is 0 Å². The number of carbonyl (C=O) groups is 1. The van der Waals surface area contributed by atoms with E-state index in [9.17, 15) is 18.0 Å². The maximum Gasteiger partial charge on any atom is 0.416 e. The third-order valence-electron chi connectivity index (χ3n) is 8.03. The number of halogens is 3. The SMILES string of the molecule is CC=CCCCCCCCC(=O)OCCOC1CCN(CCCN2c3ccccc3Sc3ccc(C(F)(F)F)cc32)CC1. The molecule has 2 aromatic carbocycles. The first-order chi connectivity index (χ1) is 20.8. The summed E-state index contributed by atoms with van der Waals surface area (Å²) in [5, 5.41) is 0. The Hall–Kier alpha value is -2.49. The molecular formula is C34H45F3N2O3S. The second-order valence-corrected chi connectivity index (χ2v) is 12.3. The number of benzene rings is 2. The van der Waals surface area contributed by atoms with Crippen molar-refractivity contribution < 1.29 is 27.4 Å². The standard InChI is InChI=1S/C34H45F3N2O3S/c1-2-3-4-5-6-7-8-9-15-33(40)42-25-24-41-28-18-22-38(23-19-28)20-12-21-39-29-13-10-11-14-31(29)43-32-17-16-27(26-30(32)39)34(35,36)37/h2-3,10-11,13-14,16-17,26,28H,4-9,12,15,18-25H2,1H3. The number of likely N-dealkylation sites (tertiary alicyclic amines) is 1. The molecule has 1 fully saturated rings. The monoisotopic (exact) mass is 618 g/mol. The van der Waals surface area contributed by atoms with E-state index in [2.05, 4.69) is 17.1 Å². The number of hydrogen-bond donors (Lipinski definition) is 0. The molecular weight excluding hydrogens is 573 g/mol. The van der Waals surface area contributed by atoms with Crippen LogP contribution >= 0.6 is 11.8 Å². The molecule has 0 aromatic heterocycles. The van der Waals surface area contributed by atoms with E-state index in [1.54, 1.807) is 6.07 Å². The van der Waals surface area contributed by atoms with Gasteiger partial charge in [0.1, 0.15) is 6.61 Å². The van der Waals surface area contributed by atoms with E-state index in [1.165, 1.54) is 36.7 Å². The van der Waals surface area contributed by atoms with Crippen LogP contribution in [0.5, 0.6) is 0 Å². The van der Waals surface area contributed by atoms with Gasteiger partial charge >= 0.3 is 12.1 Å². The molecule has 2 aliphatic heterocycles. The molecule has 1 saturated heterocycles. The maximum absolute atomic E-state index is 13.5. The molecule has 0 atom stereocenters. The lowest BCUT2D eigenvalue weighted by Crippen LogP contribution is -2.38. The Bertz CT molecular complexity index is 1180. The first kappa shape index (κ1) is 33.4. The number of nitrogens with zero attached hydrogens (tertiary/aromatic N) is 2. The number of hydrogen-bond acceptors (Lipinski definition) is 6. The van der Waals surface area contributed by atoms with E-state index < -0.39 is 11.7 Å². The van der Waals surface area contributed by atoms with Gasteiger partial charge in [-0.2, -0.15) is 13.2 Å². The summed E-state index contributed by atoms with van der Waals surface area (Å²) in [6.07, 6.45) is 9.89. The number of anilines is 2. The quantitative estimate of drug-likeness (QED) is 0.106. The zero-order valence-electron chi connectivity index (χ0n) is 25.2. The van der Waals surface area contributed by atoms with Gasteiger partial charge in [-0.15, -0.1) is 0 Å². The van der Waals surface area contributed by atoms with Crippen molar-refractivity contribution in [2.75, 3.05) is 44.3 Å². The third-order valence-corrected chi connectivity index (χ3v) is 9.16. The van der Waals surface area contributed by atoms with Gasteiger partial charge in [-0.05, 0) is 82.3 Å². The summed E-state index contributed by atoms with van der Waals surface area (Å²) in [7, 11) is 0. The molecule has 2 aromatic rings. The molecule has 2 aliphatic rings. The number of unbranched alkanes of at least 4 members (excludes halogenated alkanes) is 5. The smallest absolute Gasteiger partial charge is 0.416 e. The Labute approximate surface area is 258 Å². The normalized spacial score (nSPS) is 16.0. The highest BCUT2D eigenvalue weighted by Gasteiger charge is 2.33. The van der Waals surface area contributed by atoms with E-state index >= 15 is 0 Å². The van der Waals surface area contributed by atoms with Crippen molar-refractivity contribution in [3.05, 3.63) is 60.2 Å².